The molecule has 2 aromatic rings. The van der Waals surface area contributed by atoms with Crippen molar-refractivity contribution in [2.75, 3.05) is 51.3 Å². The highest BCUT2D eigenvalue weighted by molar-refractivity contribution is 14.0. The second-order valence-electron chi connectivity index (χ2n) is 8.21. The Labute approximate surface area is 207 Å². The molecule has 170 valence electrons. The number of anilines is 1. The van der Waals surface area contributed by atoms with E-state index >= 15 is 0 Å². The second-order valence-corrected chi connectivity index (χ2v) is 9.04. The van der Waals surface area contributed by atoms with Gasteiger partial charge in [0.15, 0.2) is 11.1 Å². The van der Waals surface area contributed by atoms with Gasteiger partial charge in [0, 0.05) is 45.0 Å². The Hall–Kier alpha value is -1.39. The number of benzene rings is 1. The predicted octanol–water partition coefficient (Wildman–Crippen LogP) is 4.17. The number of aromatic nitrogens is 1. The molecule has 0 spiro atoms. The fourth-order valence-electron chi connectivity index (χ4n) is 4.32. The molecule has 2 aliphatic rings. The van der Waals surface area contributed by atoms with Gasteiger partial charge in [0.2, 0.25) is 0 Å². The van der Waals surface area contributed by atoms with Crippen LogP contribution in [0.15, 0.2) is 28.6 Å². The van der Waals surface area contributed by atoms with Crippen LogP contribution in [-0.2, 0) is 11.2 Å². The second kappa shape index (κ2) is 11.5. The van der Waals surface area contributed by atoms with E-state index < -0.39 is 0 Å². The molecule has 6 nitrogen and oxygen atoms in total. The van der Waals surface area contributed by atoms with Crippen molar-refractivity contribution in [2.45, 2.75) is 39.2 Å². The molecule has 2 saturated heterocycles. The van der Waals surface area contributed by atoms with Crippen molar-refractivity contribution in [3.8, 4) is 0 Å². The molecule has 0 radical (unpaired) electrons. The van der Waals surface area contributed by atoms with E-state index in [1.807, 2.05) is 7.05 Å². The predicted molar refractivity (Wildman–Crippen MR) is 140 cm³/mol. The van der Waals surface area contributed by atoms with E-state index in [1.54, 1.807) is 11.3 Å². The number of nitrogens with zero attached hydrogens (tertiary/aromatic N) is 4. The molecular weight excluding hydrogens is 521 g/mol. The van der Waals surface area contributed by atoms with Crippen LogP contribution in [0, 0.1) is 13.8 Å². The third-order valence-electron chi connectivity index (χ3n) is 5.93. The Balaban J connectivity index is 0.00000272. The zero-order valence-corrected chi connectivity index (χ0v) is 21.9. The number of ether oxygens (including phenoxy) is 1. The quantitative estimate of drug-likeness (QED) is 0.341. The van der Waals surface area contributed by atoms with Crippen LogP contribution >= 0.6 is 35.3 Å². The van der Waals surface area contributed by atoms with E-state index in [2.05, 4.69) is 57.5 Å². The van der Waals surface area contributed by atoms with Crippen LogP contribution in [0.1, 0.15) is 41.3 Å². The van der Waals surface area contributed by atoms with Gasteiger partial charge in [-0.1, -0.05) is 23.8 Å². The van der Waals surface area contributed by atoms with Crippen molar-refractivity contribution in [2.24, 2.45) is 4.99 Å². The Kier molecular flexibility index (Phi) is 8.97. The zero-order valence-electron chi connectivity index (χ0n) is 18.8. The molecule has 2 aliphatic heterocycles. The Morgan fingerprint density at radius 2 is 2.06 bits per heavy atom. The summed E-state index contributed by atoms with van der Waals surface area (Å²) >= 11 is 1.77. The highest BCUT2D eigenvalue weighted by atomic mass is 127. The summed E-state index contributed by atoms with van der Waals surface area (Å²) in [5, 5.41) is 6.91. The summed E-state index contributed by atoms with van der Waals surface area (Å²) in [6.07, 6.45) is 3.57. The summed E-state index contributed by atoms with van der Waals surface area (Å²) < 4.78 is 6.10. The molecule has 3 heterocycles. The van der Waals surface area contributed by atoms with Crippen molar-refractivity contribution in [1.29, 1.82) is 0 Å². The number of morpholine rings is 1. The highest BCUT2D eigenvalue weighted by Crippen LogP contribution is 2.26. The third-order valence-corrected chi connectivity index (χ3v) is 6.88. The Bertz CT molecular complexity index is 881. The van der Waals surface area contributed by atoms with Crippen molar-refractivity contribution in [1.82, 2.24) is 15.2 Å². The monoisotopic (exact) mass is 555 g/mol. The zero-order chi connectivity index (χ0) is 20.9. The van der Waals surface area contributed by atoms with Gasteiger partial charge in [-0.3, -0.25) is 4.99 Å². The highest BCUT2D eigenvalue weighted by Gasteiger charge is 2.25. The number of guanidine groups is 1. The standard InChI is InChI=1S/C23H33N5OS.HI/c1-17-6-7-20(18(2)14-17)21-15-28(12-13-29-21)22(24-3)25-9-8-19-16-30-23(26-19)27-10-4-5-11-27;/h6-7,14,16,21H,4-5,8-13,15H2,1-3H3,(H,24,25);1H. The maximum Gasteiger partial charge on any atom is 0.193 e. The number of aliphatic imine (C=N–C) groups is 1. The van der Waals surface area contributed by atoms with Crippen molar-refractivity contribution in [3.05, 3.63) is 46.0 Å². The number of hydrogen-bond acceptors (Lipinski definition) is 5. The minimum atomic E-state index is 0. The SMILES string of the molecule is CN=C(NCCc1csc(N2CCCC2)n1)N1CCOC(c2ccc(C)cc2C)C1.I. The molecule has 1 aromatic heterocycles. The number of hydrogen-bond donors (Lipinski definition) is 1. The normalized spacial score (nSPS) is 19.5. The number of rotatable bonds is 5. The van der Waals surface area contributed by atoms with Crippen LogP contribution in [0.5, 0.6) is 0 Å². The average molecular weight is 556 g/mol. The van der Waals surface area contributed by atoms with Gasteiger partial charge in [-0.2, -0.15) is 0 Å². The van der Waals surface area contributed by atoms with Crippen molar-refractivity contribution < 1.29 is 4.74 Å². The van der Waals surface area contributed by atoms with Crippen molar-refractivity contribution >= 4 is 46.4 Å². The van der Waals surface area contributed by atoms with Crippen LogP contribution in [0.4, 0.5) is 5.13 Å². The average Bonchev–Trinajstić information content (AvgIpc) is 3.43. The van der Waals surface area contributed by atoms with Gasteiger partial charge in [-0.15, -0.1) is 35.3 Å². The lowest BCUT2D eigenvalue weighted by molar-refractivity contribution is -0.00830. The van der Waals surface area contributed by atoms with Gasteiger partial charge in [0.05, 0.1) is 18.8 Å². The first-order valence-corrected chi connectivity index (χ1v) is 11.9. The molecule has 8 heteroatoms. The van der Waals surface area contributed by atoms with Crippen LogP contribution in [0.25, 0.3) is 0 Å². The largest absolute Gasteiger partial charge is 0.370 e. The van der Waals surface area contributed by atoms with E-state index in [-0.39, 0.29) is 30.1 Å². The molecule has 1 unspecified atom stereocenters. The first-order chi connectivity index (χ1) is 14.6. The van der Waals surface area contributed by atoms with Crippen LogP contribution < -0.4 is 10.2 Å². The maximum absolute atomic E-state index is 6.10. The minimum absolute atomic E-state index is 0. The van der Waals surface area contributed by atoms with Gasteiger partial charge in [-0.25, -0.2) is 4.98 Å². The van der Waals surface area contributed by atoms with E-state index in [0.29, 0.717) is 6.61 Å². The molecule has 0 saturated carbocycles. The molecule has 31 heavy (non-hydrogen) atoms. The number of aryl methyl sites for hydroxylation is 2. The van der Waals surface area contributed by atoms with Gasteiger partial charge in [-0.05, 0) is 37.8 Å². The first kappa shape index (κ1) is 24.3. The molecule has 0 bridgehead atoms. The van der Waals surface area contributed by atoms with Crippen molar-refractivity contribution in [3.63, 3.8) is 0 Å². The lowest BCUT2D eigenvalue weighted by Gasteiger charge is -2.35. The molecule has 1 atom stereocenters. The molecule has 4 rings (SSSR count). The van der Waals surface area contributed by atoms with Gasteiger partial charge in [0.1, 0.15) is 6.10 Å². The molecule has 0 amide bonds. The summed E-state index contributed by atoms with van der Waals surface area (Å²) in [6.45, 7) is 9.82. The lowest BCUT2D eigenvalue weighted by atomic mass is 10.00. The molecule has 2 fully saturated rings. The Morgan fingerprint density at radius 1 is 1.26 bits per heavy atom. The smallest absolute Gasteiger partial charge is 0.193 e. The van der Waals surface area contributed by atoms with Gasteiger partial charge < -0.3 is 19.9 Å². The molecular formula is C23H34IN5OS. The number of nitrogens with one attached hydrogen (secondary N) is 1. The molecule has 1 aromatic carbocycles. The maximum atomic E-state index is 6.10. The summed E-state index contributed by atoms with van der Waals surface area (Å²) in [4.78, 5) is 14.1. The third kappa shape index (κ3) is 6.10. The summed E-state index contributed by atoms with van der Waals surface area (Å²) in [7, 11) is 1.86. The lowest BCUT2D eigenvalue weighted by Crippen LogP contribution is -2.48. The van der Waals surface area contributed by atoms with E-state index in [0.717, 1.165) is 45.1 Å². The van der Waals surface area contributed by atoms with Gasteiger partial charge >= 0.3 is 0 Å². The number of thiazole rings is 1. The molecule has 0 aliphatic carbocycles. The first-order valence-electron chi connectivity index (χ1n) is 11.0. The van der Waals surface area contributed by atoms with Crippen LogP contribution in [0.3, 0.4) is 0 Å². The minimum Gasteiger partial charge on any atom is -0.370 e. The summed E-state index contributed by atoms with van der Waals surface area (Å²) in [5.74, 6) is 0.947. The molecule has 1 N–H and O–H groups in total. The fraction of sp³-hybridized carbons (Fsp3) is 0.565. The van der Waals surface area contributed by atoms with E-state index in [9.17, 15) is 0 Å². The Morgan fingerprint density at radius 3 is 2.81 bits per heavy atom. The number of halogens is 1. The van der Waals surface area contributed by atoms with E-state index in [1.165, 1.54) is 40.4 Å². The van der Waals surface area contributed by atoms with Crippen LogP contribution in [-0.4, -0.2) is 62.2 Å². The van der Waals surface area contributed by atoms with Gasteiger partial charge in [0.25, 0.3) is 0 Å². The summed E-state index contributed by atoms with van der Waals surface area (Å²) in [6, 6.07) is 6.60. The summed E-state index contributed by atoms with van der Waals surface area (Å²) in [5.41, 5.74) is 5.02. The fourth-order valence-corrected chi connectivity index (χ4v) is 5.23. The topological polar surface area (TPSA) is 53.0 Å². The van der Waals surface area contributed by atoms with E-state index in [4.69, 9.17) is 9.72 Å². The van der Waals surface area contributed by atoms with Crippen LogP contribution in [0.2, 0.25) is 0 Å².